The van der Waals surface area contributed by atoms with Gasteiger partial charge in [0.15, 0.2) is 11.5 Å². The maximum absolute atomic E-state index is 12.8. The van der Waals surface area contributed by atoms with Crippen molar-refractivity contribution in [3.63, 3.8) is 0 Å². The molecule has 1 heterocycles. The molecule has 0 atom stereocenters. The van der Waals surface area contributed by atoms with E-state index >= 15 is 0 Å². The van der Waals surface area contributed by atoms with Crippen molar-refractivity contribution in [3.05, 3.63) is 63.7 Å². The summed E-state index contributed by atoms with van der Waals surface area (Å²) in [6, 6.07) is 11.8. The van der Waals surface area contributed by atoms with Gasteiger partial charge in [0.1, 0.15) is 5.75 Å². The van der Waals surface area contributed by atoms with Crippen LogP contribution in [0.4, 0.5) is 5.69 Å². The first kappa shape index (κ1) is 21.0. The van der Waals surface area contributed by atoms with E-state index in [0.717, 1.165) is 10.4 Å². The first-order valence-corrected chi connectivity index (χ1v) is 10.5. The predicted molar refractivity (Wildman–Crippen MR) is 105 cm³/mol. The summed E-state index contributed by atoms with van der Waals surface area (Å²) in [6.07, 6.45) is 0. The normalized spacial score (nSPS) is 15.1. The number of hydrogen-bond acceptors (Lipinski definition) is 6. The number of amides is 1. The van der Waals surface area contributed by atoms with Gasteiger partial charge < -0.3 is 9.64 Å². The number of ether oxygens (including phenoxy) is 1. The minimum absolute atomic E-state index is 0.0427. The number of para-hydroxylation sites is 1. The van der Waals surface area contributed by atoms with Gasteiger partial charge in [-0.05, 0) is 30.3 Å². The third kappa shape index (κ3) is 4.84. The maximum atomic E-state index is 12.8. The molecule has 0 spiro atoms. The van der Waals surface area contributed by atoms with Crippen LogP contribution >= 0.6 is 11.6 Å². The van der Waals surface area contributed by atoms with Crippen molar-refractivity contribution in [1.29, 1.82) is 0 Å². The molecule has 1 amide bonds. The smallest absolute Gasteiger partial charge is 0.289 e. The number of benzene rings is 2. The fourth-order valence-corrected chi connectivity index (χ4v) is 4.62. The van der Waals surface area contributed by atoms with Crippen molar-refractivity contribution in [2.24, 2.45) is 0 Å². The Balaban J connectivity index is 1.60. The largest absolute Gasteiger partial charge is 0.484 e. The van der Waals surface area contributed by atoms with Crippen LogP contribution in [-0.2, 0) is 14.8 Å². The number of halogens is 1. The fourth-order valence-electron chi connectivity index (χ4n) is 2.91. The Bertz CT molecular complexity index is 1000. The van der Waals surface area contributed by atoms with E-state index in [-0.39, 0.29) is 43.6 Å². The molecule has 1 aliphatic rings. The first-order valence-electron chi connectivity index (χ1n) is 8.69. The summed E-state index contributed by atoms with van der Waals surface area (Å²) in [5.41, 5.74) is -0.470. The monoisotopic (exact) mass is 439 g/mol. The van der Waals surface area contributed by atoms with E-state index in [2.05, 4.69) is 0 Å². The fraction of sp³-hybridized carbons (Fsp3) is 0.278. The number of piperazine rings is 1. The molecule has 2 aromatic rings. The quantitative estimate of drug-likeness (QED) is 0.504. The van der Waals surface area contributed by atoms with Crippen LogP contribution in [0.2, 0.25) is 5.02 Å². The number of sulfonamides is 1. The first-order chi connectivity index (χ1) is 13.8. The van der Waals surface area contributed by atoms with Crippen LogP contribution in [0.3, 0.4) is 0 Å². The molecular weight excluding hydrogens is 422 g/mol. The van der Waals surface area contributed by atoms with Crippen molar-refractivity contribution < 1.29 is 22.9 Å². The highest BCUT2D eigenvalue weighted by molar-refractivity contribution is 7.89. The van der Waals surface area contributed by atoms with Crippen LogP contribution in [0.1, 0.15) is 0 Å². The van der Waals surface area contributed by atoms with E-state index in [1.165, 1.54) is 23.1 Å². The Kier molecular flexibility index (Phi) is 6.36. The van der Waals surface area contributed by atoms with Gasteiger partial charge in [0, 0.05) is 37.3 Å². The maximum Gasteiger partial charge on any atom is 0.289 e. The number of nitro groups is 1. The summed E-state index contributed by atoms with van der Waals surface area (Å²) in [5, 5.41) is 11.7. The highest BCUT2D eigenvalue weighted by Gasteiger charge is 2.34. The second kappa shape index (κ2) is 8.76. The molecule has 0 bridgehead atoms. The molecule has 0 radical (unpaired) electrons. The average Bonchev–Trinajstić information content (AvgIpc) is 2.73. The van der Waals surface area contributed by atoms with Gasteiger partial charge in [-0.15, -0.1) is 0 Å². The van der Waals surface area contributed by atoms with Gasteiger partial charge in [0.25, 0.3) is 11.6 Å². The summed E-state index contributed by atoms with van der Waals surface area (Å²) in [7, 11) is -4.04. The third-order valence-corrected chi connectivity index (χ3v) is 6.65. The molecule has 0 saturated carbocycles. The molecule has 0 N–H and O–H groups in total. The van der Waals surface area contributed by atoms with E-state index < -0.39 is 20.6 Å². The molecule has 9 nitrogen and oxygen atoms in total. The number of nitrogens with zero attached hydrogens (tertiary/aromatic N) is 3. The van der Waals surface area contributed by atoms with E-state index in [0.29, 0.717) is 10.8 Å². The number of carbonyl (C=O) groups is 1. The molecule has 2 aromatic carbocycles. The molecular formula is C18H18ClN3O6S. The molecule has 1 saturated heterocycles. The van der Waals surface area contributed by atoms with Crippen molar-refractivity contribution in [1.82, 2.24) is 9.21 Å². The van der Waals surface area contributed by atoms with Gasteiger partial charge in [0.2, 0.25) is 10.0 Å². The van der Waals surface area contributed by atoms with Gasteiger partial charge in [-0.3, -0.25) is 14.9 Å². The average molecular weight is 440 g/mol. The lowest BCUT2D eigenvalue weighted by atomic mass is 10.3. The Morgan fingerprint density at radius 1 is 1.07 bits per heavy atom. The molecule has 0 aromatic heterocycles. The zero-order valence-corrected chi connectivity index (χ0v) is 16.8. The zero-order chi connectivity index (χ0) is 21.0. The number of rotatable bonds is 6. The van der Waals surface area contributed by atoms with Crippen LogP contribution in [0.15, 0.2) is 53.4 Å². The van der Waals surface area contributed by atoms with Gasteiger partial charge in [-0.25, -0.2) is 8.42 Å². The Labute approximate surface area is 172 Å². The standard InChI is InChI=1S/C18H18ClN3O6S/c19-14-5-7-15(8-6-14)28-13-18(23)20-9-11-21(12-10-20)29(26,27)17-4-2-1-3-16(17)22(24)25/h1-8H,9-13H2. The predicted octanol–water partition coefficient (Wildman–Crippen LogP) is 2.16. The Morgan fingerprint density at radius 3 is 2.31 bits per heavy atom. The summed E-state index contributed by atoms with van der Waals surface area (Å²) in [4.78, 5) is 23.9. The lowest BCUT2D eigenvalue weighted by Crippen LogP contribution is -2.51. The number of carbonyl (C=O) groups excluding carboxylic acids is 1. The van der Waals surface area contributed by atoms with Crippen molar-refractivity contribution in [2.45, 2.75) is 4.90 Å². The topological polar surface area (TPSA) is 110 Å². The zero-order valence-electron chi connectivity index (χ0n) is 15.2. The summed E-state index contributed by atoms with van der Waals surface area (Å²) < 4.78 is 32.2. The lowest BCUT2D eigenvalue weighted by molar-refractivity contribution is -0.387. The molecule has 29 heavy (non-hydrogen) atoms. The molecule has 0 unspecified atom stereocenters. The van der Waals surface area contributed by atoms with E-state index in [4.69, 9.17) is 16.3 Å². The third-order valence-electron chi connectivity index (χ3n) is 4.45. The van der Waals surface area contributed by atoms with Crippen LogP contribution in [0, 0.1) is 10.1 Å². The van der Waals surface area contributed by atoms with Gasteiger partial charge in [-0.1, -0.05) is 23.7 Å². The van der Waals surface area contributed by atoms with Crippen molar-refractivity contribution >= 4 is 33.2 Å². The van der Waals surface area contributed by atoms with E-state index in [9.17, 15) is 23.3 Å². The number of nitro benzene ring substituents is 1. The Morgan fingerprint density at radius 2 is 1.69 bits per heavy atom. The summed E-state index contributed by atoms with van der Waals surface area (Å²) in [6.45, 7) is 0.242. The van der Waals surface area contributed by atoms with Crippen LogP contribution in [-0.4, -0.2) is 61.2 Å². The Hall–Kier alpha value is -2.69. The second-order valence-electron chi connectivity index (χ2n) is 6.25. The summed E-state index contributed by atoms with van der Waals surface area (Å²) in [5.74, 6) is 0.225. The van der Waals surface area contributed by atoms with Gasteiger partial charge in [0.05, 0.1) is 4.92 Å². The van der Waals surface area contributed by atoms with Crippen LogP contribution in [0.5, 0.6) is 5.75 Å². The van der Waals surface area contributed by atoms with E-state index in [1.807, 2.05) is 0 Å². The molecule has 3 rings (SSSR count). The minimum Gasteiger partial charge on any atom is -0.484 e. The molecule has 154 valence electrons. The van der Waals surface area contributed by atoms with E-state index in [1.54, 1.807) is 24.3 Å². The molecule has 1 fully saturated rings. The highest BCUT2D eigenvalue weighted by atomic mass is 35.5. The molecule has 0 aliphatic carbocycles. The molecule has 11 heteroatoms. The summed E-state index contributed by atoms with van der Waals surface area (Å²) >= 11 is 5.80. The second-order valence-corrected chi connectivity index (χ2v) is 8.60. The van der Waals surface area contributed by atoms with Crippen molar-refractivity contribution in [2.75, 3.05) is 32.8 Å². The van der Waals surface area contributed by atoms with Crippen LogP contribution < -0.4 is 4.74 Å². The van der Waals surface area contributed by atoms with Gasteiger partial charge in [-0.2, -0.15) is 4.31 Å². The molecule has 1 aliphatic heterocycles. The number of hydrogen-bond donors (Lipinski definition) is 0. The SMILES string of the molecule is O=C(COc1ccc(Cl)cc1)N1CCN(S(=O)(=O)c2ccccc2[N+](=O)[O-])CC1. The minimum atomic E-state index is -4.04. The highest BCUT2D eigenvalue weighted by Crippen LogP contribution is 2.27. The van der Waals surface area contributed by atoms with Crippen LogP contribution in [0.25, 0.3) is 0 Å². The van der Waals surface area contributed by atoms with Gasteiger partial charge >= 0.3 is 0 Å². The lowest BCUT2D eigenvalue weighted by Gasteiger charge is -2.33. The van der Waals surface area contributed by atoms with Crippen molar-refractivity contribution in [3.8, 4) is 5.75 Å².